The van der Waals surface area contributed by atoms with E-state index in [1.165, 1.54) is 12.1 Å². The molecule has 1 atom stereocenters. The van der Waals surface area contributed by atoms with Crippen molar-refractivity contribution in [3.05, 3.63) is 70.7 Å². The molecule has 4 nitrogen and oxygen atoms in total. The van der Waals surface area contributed by atoms with Gasteiger partial charge >= 0.3 is 0 Å². The van der Waals surface area contributed by atoms with Crippen LogP contribution in [0.2, 0.25) is 0 Å². The maximum Gasteiger partial charge on any atom is 0.267 e. The minimum Gasteiger partial charge on any atom is -0.351 e. The Hall–Kier alpha value is -2.66. The summed E-state index contributed by atoms with van der Waals surface area (Å²) in [6, 6.07) is 12.4. The topological polar surface area (TPSA) is 48.1 Å². The van der Waals surface area contributed by atoms with Crippen LogP contribution in [0.5, 0.6) is 0 Å². The normalized spacial score (nSPS) is 12.5. The molecule has 0 saturated carbocycles. The van der Waals surface area contributed by atoms with E-state index in [2.05, 4.69) is 16.4 Å². The summed E-state index contributed by atoms with van der Waals surface area (Å²) in [5.74, 6) is -0.441. The van der Waals surface area contributed by atoms with Crippen molar-refractivity contribution in [1.82, 2.24) is 15.2 Å². The molecule has 26 heavy (non-hydrogen) atoms. The smallest absolute Gasteiger partial charge is 0.267 e. The fourth-order valence-corrected chi connectivity index (χ4v) is 3.32. The molecule has 0 fully saturated rings. The van der Waals surface area contributed by atoms with Gasteiger partial charge in [0.05, 0.1) is 6.04 Å². The van der Waals surface area contributed by atoms with Crippen LogP contribution < -0.4 is 5.32 Å². The van der Waals surface area contributed by atoms with Crippen molar-refractivity contribution in [3.8, 4) is 0 Å². The van der Waals surface area contributed by atoms with Gasteiger partial charge in [-0.2, -0.15) is 0 Å². The van der Waals surface area contributed by atoms with Crippen molar-refractivity contribution < 1.29 is 9.18 Å². The van der Waals surface area contributed by atoms with Gasteiger partial charge in [-0.3, -0.25) is 4.79 Å². The molecule has 0 bridgehead atoms. The molecule has 2 N–H and O–H groups in total. The molecule has 136 valence electrons. The lowest BCUT2D eigenvalue weighted by Crippen LogP contribution is -2.34. The lowest BCUT2D eigenvalue weighted by atomic mass is 10.1. The average Bonchev–Trinajstić information content (AvgIpc) is 2.99. The first-order chi connectivity index (χ1) is 12.3. The molecule has 3 rings (SSSR count). The highest BCUT2D eigenvalue weighted by molar-refractivity contribution is 5.99. The Morgan fingerprint density at radius 2 is 1.96 bits per heavy atom. The van der Waals surface area contributed by atoms with Gasteiger partial charge < -0.3 is 15.2 Å². The zero-order chi connectivity index (χ0) is 18.8. The number of amides is 1. The monoisotopic (exact) mass is 353 g/mol. The zero-order valence-corrected chi connectivity index (χ0v) is 15.6. The van der Waals surface area contributed by atoms with Gasteiger partial charge in [0, 0.05) is 17.4 Å². The van der Waals surface area contributed by atoms with Gasteiger partial charge in [0.15, 0.2) is 0 Å². The zero-order valence-electron chi connectivity index (χ0n) is 15.6. The third-order valence-corrected chi connectivity index (χ3v) is 4.65. The number of carbonyl (C=O) groups excluding carboxylic acids is 1. The summed E-state index contributed by atoms with van der Waals surface area (Å²) < 4.78 is 13.5. The fraction of sp³-hybridized carbons (Fsp3) is 0.286. The van der Waals surface area contributed by atoms with Crippen molar-refractivity contribution in [2.24, 2.45) is 0 Å². The van der Waals surface area contributed by atoms with Crippen molar-refractivity contribution in [1.29, 1.82) is 0 Å². The largest absolute Gasteiger partial charge is 0.351 e. The van der Waals surface area contributed by atoms with Gasteiger partial charge in [-0.25, -0.2) is 4.39 Å². The molecule has 3 aromatic rings. The summed E-state index contributed by atoms with van der Waals surface area (Å²) in [5.41, 5.74) is 4.62. The van der Waals surface area contributed by atoms with E-state index >= 15 is 0 Å². The molecule has 0 spiro atoms. The van der Waals surface area contributed by atoms with E-state index in [1.54, 1.807) is 6.07 Å². The van der Waals surface area contributed by atoms with E-state index in [4.69, 9.17) is 0 Å². The Kier molecular flexibility index (Phi) is 5.09. The van der Waals surface area contributed by atoms with E-state index in [1.807, 2.05) is 51.0 Å². The number of fused-ring (bicyclic) bond motifs is 1. The third-order valence-electron chi connectivity index (χ3n) is 4.65. The van der Waals surface area contributed by atoms with Gasteiger partial charge in [-0.1, -0.05) is 18.2 Å². The first-order valence-electron chi connectivity index (χ1n) is 8.65. The van der Waals surface area contributed by atoms with Crippen molar-refractivity contribution in [2.75, 3.05) is 20.6 Å². The van der Waals surface area contributed by atoms with E-state index in [-0.39, 0.29) is 17.8 Å². The number of halogens is 1. The second-order valence-corrected chi connectivity index (χ2v) is 6.97. The highest BCUT2D eigenvalue weighted by Crippen LogP contribution is 2.22. The SMILES string of the molecule is Cc1cc(C)c2cc(C(=O)NCC(c3cccc(F)c3)N(C)C)[nH]c2c1. The van der Waals surface area contributed by atoms with Crippen LogP contribution in [0.3, 0.4) is 0 Å². The Morgan fingerprint density at radius 3 is 2.65 bits per heavy atom. The number of aromatic amines is 1. The summed E-state index contributed by atoms with van der Waals surface area (Å²) in [4.78, 5) is 17.8. The number of aromatic nitrogens is 1. The summed E-state index contributed by atoms with van der Waals surface area (Å²) in [5, 5.41) is 4.01. The van der Waals surface area contributed by atoms with E-state index in [9.17, 15) is 9.18 Å². The van der Waals surface area contributed by atoms with Crippen LogP contribution in [0.1, 0.15) is 33.2 Å². The van der Waals surface area contributed by atoms with Gasteiger partial charge in [0.2, 0.25) is 0 Å². The van der Waals surface area contributed by atoms with Crippen LogP contribution in [0, 0.1) is 19.7 Å². The number of aryl methyl sites for hydroxylation is 2. The maximum atomic E-state index is 13.5. The van der Waals surface area contributed by atoms with E-state index in [0.717, 1.165) is 27.6 Å². The molecular weight excluding hydrogens is 329 g/mol. The predicted molar refractivity (Wildman–Crippen MR) is 103 cm³/mol. The number of nitrogens with zero attached hydrogens (tertiary/aromatic N) is 1. The number of rotatable bonds is 5. The lowest BCUT2D eigenvalue weighted by Gasteiger charge is -2.25. The van der Waals surface area contributed by atoms with Gasteiger partial charge in [0.1, 0.15) is 11.5 Å². The van der Waals surface area contributed by atoms with Crippen LogP contribution in [0.25, 0.3) is 10.9 Å². The standard InChI is InChI=1S/C21H24FN3O/c1-13-8-14(2)17-11-19(24-18(17)9-13)21(26)23-12-20(25(3)4)15-6-5-7-16(22)10-15/h5-11,20,24H,12H2,1-4H3,(H,23,26). The van der Waals surface area contributed by atoms with Crippen LogP contribution in [0.4, 0.5) is 4.39 Å². The second-order valence-electron chi connectivity index (χ2n) is 6.97. The average molecular weight is 353 g/mol. The van der Waals surface area contributed by atoms with E-state index in [0.29, 0.717) is 12.2 Å². The Morgan fingerprint density at radius 1 is 1.19 bits per heavy atom. The summed E-state index contributed by atoms with van der Waals surface area (Å²) in [6.45, 7) is 4.47. The molecule has 1 heterocycles. The summed E-state index contributed by atoms with van der Waals surface area (Å²) in [6.07, 6.45) is 0. The second kappa shape index (κ2) is 7.30. The number of carbonyl (C=O) groups is 1. The van der Waals surface area contributed by atoms with Crippen molar-refractivity contribution in [2.45, 2.75) is 19.9 Å². The number of H-pyrrole nitrogens is 1. The molecule has 0 aliphatic heterocycles. The quantitative estimate of drug-likeness (QED) is 0.729. The molecule has 0 saturated heterocycles. The van der Waals surface area contributed by atoms with Crippen LogP contribution in [-0.4, -0.2) is 36.4 Å². The molecule has 2 aromatic carbocycles. The first kappa shape index (κ1) is 18.1. The third kappa shape index (κ3) is 3.78. The summed E-state index contributed by atoms with van der Waals surface area (Å²) in [7, 11) is 3.83. The van der Waals surface area contributed by atoms with Crippen molar-refractivity contribution >= 4 is 16.8 Å². The molecular formula is C21H24FN3O. The van der Waals surface area contributed by atoms with Gasteiger partial charge in [-0.05, 0) is 68.9 Å². The van der Waals surface area contributed by atoms with Crippen molar-refractivity contribution in [3.63, 3.8) is 0 Å². The number of hydrogen-bond donors (Lipinski definition) is 2. The number of nitrogens with one attached hydrogen (secondary N) is 2. The number of likely N-dealkylation sites (N-methyl/N-ethyl adjacent to an activating group) is 1. The molecule has 1 aromatic heterocycles. The lowest BCUT2D eigenvalue weighted by molar-refractivity contribution is 0.0937. The van der Waals surface area contributed by atoms with Crippen LogP contribution in [0.15, 0.2) is 42.5 Å². The number of benzene rings is 2. The Labute approximate surface area is 153 Å². The van der Waals surface area contributed by atoms with Crippen LogP contribution >= 0.6 is 0 Å². The molecule has 1 amide bonds. The maximum absolute atomic E-state index is 13.5. The first-order valence-corrected chi connectivity index (χ1v) is 8.65. The molecule has 0 aliphatic carbocycles. The minimum absolute atomic E-state index is 0.108. The number of hydrogen-bond acceptors (Lipinski definition) is 2. The fourth-order valence-electron chi connectivity index (χ4n) is 3.32. The molecule has 5 heteroatoms. The highest BCUT2D eigenvalue weighted by Gasteiger charge is 2.17. The minimum atomic E-state index is -0.276. The van der Waals surface area contributed by atoms with E-state index < -0.39 is 0 Å². The molecule has 1 unspecified atom stereocenters. The summed E-state index contributed by atoms with van der Waals surface area (Å²) >= 11 is 0. The van der Waals surface area contributed by atoms with Gasteiger partial charge in [0.25, 0.3) is 5.91 Å². The Bertz CT molecular complexity index is 946. The highest BCUT2D eigenvalue weighted by atomic mass is 19.1. The molecule has 0 radical (unpaired) electrons. The predicted octanol–water partition coefficient (Wildman–Crippen LogP) is 3.96. The molecule has 0 aliphatic rings. The van der Waals surface area contributed by atoms with Crippen LogP contribution in [-0.2, 0) is 0 Å². The van der Waals surface area contributed by atoms with Gasteiger partial charge in [-0.15, -0.1) is 0 Å². The Balaban J connectivity index is 1.77.